The number of hydrogen-bond donors (Lipinski definition) is 0. The fourth-order valence-electron chi connectivity index (χ4n) is 6.00. The zero-order valence-corrected chi connectivity index (χ0v) is 26.6. The minimum Gasteiger partial charge on any atom is -0.491 e. The van der Waals surface area contributed by atoms with Gasteiger partial charge in [-0.25, -0.2) is 9.79 Å². The van der Waals surface area contributed by atoms with E-state index in [9.17, 15) is 9.59 Å². The number of aromatic nitrogens is 2. The van der Waals surface area contributed by atoms with Gasteiger partial charge in [-0.05, 0) is 76.8 Å². The Kier molecular flexibility index (Phi) is 7.86. The molecule has 8 heteroatoms. The first-order valence-electron chi connectivity index (χ1n) is 14.8. The zero-order chi connectivity index (χ0) is 31.1. The predicted octanol–water partition coefficient (Wildman–Crippen LogP) is 6.15. The van der Waals surface area contributed by atoms with E-state index in [1.807, 2.05) is 50.3 Å². The van der Waals surface area contributed by atoms with Crippen molar-refractivity contribution >= 4 is 34.2 Å². The summed E-state index contributed by atoms with van der Waals surface area (Å²) in [5, 5.41) is 2.33. The van der Waals surface area contributed by atoms with Crippen molar-refractivity contribution < 1.29 is 14.3 Å². The molecule has 0 unspecified atom stereocenters. The van der Waals surface area contributed by atoms with Gasteiger partial charge in [-0.15, -0.1) is 0 Å². The lowest BCUT2D eigenvalue weighted by Crippen LogP contribution is -2.40. The van der Waals surface area contributed by atoms with E-state index in [1.54, 1.807) is 18.4 Å². The van der Waals surface area contributed by atoms with Crippen LogP contribution < -0.4 is 19.6 Å². The number of hydrogen-bond acceptors (Lipinski definition) is 6. The van der Waals surface area contributed by atoms with E-state index in [1.165, 1.54) is 16.7 Å². The van der Waals surface area contributed by atoms with Gasteiger partial charge in [0.2, 0.25) is 0 Å². The number of nitrogens with zero attached hydrogens (tertiary/aromatic N) is 3. The molecule has 0 radical (unpaired) electrons. The number of thiazole rings is 1. The Morgan fingerprint density at radius 2 is 1.75 bits per heavy atom. The lowest BCUT2D eigenvalue weighted by Gasteiger charge is -2.26. The van der Waals surface area contributed by atoms with Gasteiger partial charge >= 0.3 is 5.97 Å². The van der Waals surface area contributed by atoms with Crippen LogP contribution in [-0.2, 0) is 9.53 Å². The second-order valence-corrected chi connectivity index (χ2v) is 12.2. The Balaban J connectivity index is 1.54. The number of ether oxygens (including phenoxy) is 2. The van der Waals surface area contributed by atoms with Crippen LogP contribution >= 0.6 is 11.3 Å². The predicted molar refractivity (Wildman–Crippen MR) is 175 cm³/mol. The smallest absolute Gasteiger partial charge is 0.338 e. The molecule has 0 aliphatic carbocycles. The van der Waals surface area contributed by atoms with Crippen LogP contribution in [0.1, 0.15) is 56.3 Å². The van der Waals surface area contributed by atoms with E-state index in [-0.39, 0.29) is 18.3 Å². The largest absolute Gasteiger partial charge is 0.491 e. The number of carbonyl (C=O) groups excluding carboxylic acids is 1. The fraction of sp³-hybridized carbons (Fsp3) is 0.250. The summed E-state index contributed by atoms with van der Waals surface area (Å²) in [4.78, 5) is 32.9. The van der Waals surface area contributed by atoms with Gasteiger partial charge in [-0.2, -0.15) is 0 Å². The Hall–Kier alpha value is -4.69. The Morgan fingerprint density at radius 1 is 1.02 bits per heavy atom. The molecular formula is C36H35N3O4S. The molecule has 1 aliphatic heterocycles. The number of para-hydroxylation sites is 1. The number of esters is 1. The van der Waals surface area contributed by atoms with Crippen molar-refractivity contribution in [3.8, 4) is 11.4 Å². The third-order valence-electron chi connectivity index (χ3n) is 7.86. The molecule has 0 amide bonds. The maximum absolute atomic E-state index is 14.3. The number of benzene rings is 3. The van der Waals surface area contributed by atoms with Crippen molar-refractivity contribution in [3.63, 3.8) is 0 Å². The summed E-state index contributed by atoms with van der Waals surface area (Å²) in [6, 6.07) is 23.5. The van der Waals surface area contributed by atoms with Crippen LogP contribution in [0, 0.1) is 13.8 Å². The van der Waals surface area contributed by atoms with Crippen LogP contribution in [0.5, 0.6) is 5.75 Å². The van der Waals surface area contributed by atoms with Gasteiger partial charge in [0.05, 0.1) is 34.2 Å². The van der Waals surface area contributed by atoms with Crippen LogP contribution in [-0.4, -0.2) is 27.8 Å². The molecule has 0 spiro atoms. The second kappa shape index (κ2) is 11.8. The highest BCUT2D eigenvalue weighted by molar-refractivity contribution is 7.07. The first-order chi connectivity index (χ1) is 21.2. The van der Waals surface area contributed by atoms with Gasteiger partial charge in [0, 0.05) is 22.3 Å². The Labute approximate surface area is 260 Å². The molecule has 7 nitrogen and oxygen atoms in total. The molecule has 3 heterocycles. The van der Waals surface area contributed by atoms with Gasteiger partial charge in [0.1, 0.15) is 11.8 Å². The average Bonchev–Trinajstić information content (AvgIpc) is 3.45. The molecular weight excluding hydrogens is 570 g/mol. The van der Waals surface area contributed by atoms with Gasteiger partial charge in [-0.3, -0.25) is 9.36 Å². The SMILES string of the molecule is CCOC(=O)C1=C(C)N=c2s/c(=C/c3cc(C)n(-c4cccc5ccccc45)c3C)c(=O)n2[C@@H]1c1ccccc1OC(C)C. The fourth-order valence-corrected chi connectivity index (χ4v) is 7.04. The van der Waals surface area contributed by atoms with Crippen LogP contribution in [0.4, 0.5) is 0 Å². The molecule has 5 aromatic rings. The van der Waals surface area contributed by atoms with E-state index in [4.69, 9.17) is 14.5 Å². The highest BCUT2D eigenvalue weighted by Crippen LogP contribution is 2.36. The van der Waals surface area contributed by atoms with Crippen LogP contribution in [0.2, 0.25) is 0 Å². The summed E-state index contributed by atoms with van der Waals surface area (Å²) in [6.45, 7) is 11.8. The summed E-state index contributed by atoms with van der Waals surface area (Å²) in [6.07, 6.45) is 1.84. The van der Waals surface area contributed by atoms with Crippen molar-refractivity contribution in [2.75, 3.05) is 6.61 Å². The number of fused-ring (bicyclic) bond motifs is 2. The molecule has 1 atom stereocenters. The number of allylic oxidation sites excluding steroid dienone is 1. The summed E-state index contributed by atoms with van der Waals surface area (Å²) in [5.41, 5.74) is 5.48. The second-order valence-electron chi connectivity index (χ2n) is 11.2. The monoisotopic (exact) mass is 605 g/mol. The van der Waals surface area contributed by atoms with Gasteiger partial charge in [-0.1, -0.05) is 65.9 Å². The molecule has 1 aliphatic rings. The third-order valence-corrected chi connectivity index (χ3v) is 8.84. The first kappa shape index (κ1) is 29.4. The van der Waals surface area contributed by atoms with Gasteiger partial charge in [0.15, 0.2) is 4.80 Å². The normalized spacial score (nSPS) is 15.1. The number of aryl methyl sites for hydroxylation is 1. The molecule has 224 valence electrons. The molecule has 0 saturated carbocycles. The maximum Gasteiger partial charge on any atom is 0.338 e. The van der Waals surface area contributed by atoms with E-state index < -0.39 is 12.0 Å². The lowest BCUT2D eigenvalue weighted by atomic mass is 9.95. The van der Waals surface area contributed by atoms with Crippen molar-refractivity contribution in [2.24, 2.45) is 4.99 Å². The number of carbonyl (C=O) groups is 1. The van der Waals surface area contributed by atoms with Gasteiger partial charge in [0.25, 0.3) is 5.56 Å². The third kappa shape index (κ3) is 5.09. The van der Waals surface area contributed by atoms with Crippen LogP contribution in [0.15, 0.2) is 93.9 Å². The standard InChI is InChI=1S/C36H35N3O4S/c1-7-42-35(41)32-23(5)37-36-39(33(32)28-16-10-11-18-30(28)43-21(2)3)34(40)31(44-36)20-26-19-22(4)38(24(26)6)29-17-12-14-25-13-8-9-15-27(25)29/h8-21,33H,7H2,1-6H3/b31-20+/t33-/m1/s1. The molecule has 0 bridgehead atoms. The Bertz CT molecular complexity index is 2130. The van der Waals surface area contributed by atoms with Crippen molar-refractivity contribution in [3.05, 3.63) is 126 Å². The van der Waals surface area contributed by atoms with Crippen LogP contribution in [0.3, 0.4) is 0 Å². The summed E-state index contributed by atoms with van der Waals surface area (Å²) < 4.78 is 16.0. The summed E-state index contributed by atoms with van der Waals surface area (Å²) in [5.74, 6) is 0.114. The molecule has 44 heavy (non-hydrogen) atoms. The summed E-state index contributed by atoms with van der Waals surface area (Å²) in [7, 11) is 0. The first-order valence-corrected chi connectivity index (χ1v) is 15.6. The van der Waals surface area contributed by atoms with Crippen molar-refractivity contribution in [1.29, 1.82) is 0 Å². The highest BCUT2D eigenvalue weighted by Gasteiger charge is 2.35. The van der Waals surface area contributed by atoms with Crippen molar-refractivity contribution in [2.45, 2.75) is 53.7 Å². The van der Waals surface area contributed by atoms with E-state index >= 15 is 0 Å². The minimum absolute atomic E-state index is 0.0971. The van der Waals surface area contributed by atoms with E-state index in [0.717, 1.165) is 28.0 Å². The van der Waals surface area contributed by atoms with E-state index in [2.05, 4.69) is 60.9 Å². The maximum atomic E-state index is 14.3. The molecule has 2 aromatic heterocycles. The van der Waals surface area contributed by atoms with Crippen LogP contribution in [0.25, 0.3) is 22.5 Å². The summed E-state index contributed by atoms with van der Waals surface area (Å²) >= 11 is 1.32. The number of rotatable bonds is 7. The molecule has 0 N–H and O–H groups in total. The van der Waals surface area contributed by atoms with Crippen molar-refractivity contribution in [1.82, 2.24) is 9.13 Å². The Morgan fingerprint density at radius 3 is 2.52 bits per heavy atom. The highest BCUT2D eigenvalue weighted by atomic mass is 32.1. The average molecular weight is 606 g/mol. The van der Waals surface area contributed by atoms with E-state index in [0.29, 0.717) is 31.9 Å². The zero-order valence-electron chi connectivity index (χ0n) is 25.8. The molecule has 0 fully saturated rings. The lowest BCUT2D eigenvalue weighted by molar-refractivity contribution is -0.139. The minimum atomic E-state index is -0.745. The molecule has 3 aromatic carbocycles. The topological polar surface area (TPSA) is 74.8 Å². The molecule has 6 rings (SSSR count). The molecule has 0 saturated heterocycles. The van der Waals surface area contributed by atoms with Gasteiger partial charge < -0.3 is 14.0 Å². The quantitative estimate of drug-likeness (QED) is 0.209.